The SMILES string of the molecule is Cc1c(C#N)c(Nc2ccc(S(=O)(=O)O)cc2)nc(Nc2ccc(S(=O)(=O)O)cc2)c1N=Nc1sc(N=Nc2ccccc2C#N)c(-c2ccc(NC(=O)c3ccccc3)cc2)c1C#N. The van der Waals surface area contributed by atoms with Crippen molar-refractivity contribution in [2.24, 2.45) is 20.5 Å². The lowest BCUT2D eigenvalue weighted by atomic mass is 10.0. The number of rotatable bonds is 13. The first-order chi connectivity index (χ1) is 31.2. The van der Waals surface area contributed by atoms with E-state index < -0.39 is 20.2 Å². The van der Waals surface area contributed by atoms with Crippen molar-refractivity contribution in [3.63, 3.8) is 0 Å². The number of nitriles is 3. The zero-order chi connectivity index (χ0) is 46.3. The van der Waals surface area contributed by atoms with Crippen LogP contribution in [0, 0.1) is 40.9 Å². The van der Waals surface area contributed by atoms with Gasteiger partial charge in [0.1, 0.15) is 40.1 Å². The first-order valence-corrected chi connectivity index (χ1v) is 22.4. The Hall–Kier alpha value is -8.49. The smallest absolute Gasteiger partial charge is 0.294 e. The normalized spacial score (nSPS) is 11.4. The van der Waals surface area contributed by atoms with E-state index in [1.165, 1.54) is 24.3 Å². The van der Waals surface area contributed by atoms with Crippen LogP contribution in [0.15, 0.2) is 158 Å². The highest BCUT2D eigenvalue weighted by Gasteiger charge is 2.23. The molecule has 7 aromatic rings. The van der Waals surface area contributed by atoms with E-state index in [4.69, 9.17) is 0 Å². The molecular formula is C44H29N11O7S3. The largest absolute Gasteiger partial charge is 0.339 e. The average molecular weight is 920 g/mol. The third kappa shape index (κ3) is 10.3. The van der Waals surface area contributed by atoms with Crippen molar-refractivity contribution in [2.75, 3.05) is 16.0 Å². The molecule has 5 N–H and O–H groups in total. The van der Waals surface area contributed by atoms with E-state index in [1.807, 2.05) is 0 Å². The minimum atomic E-state index is -4.53. The molecule has 0 saturated heterocycles. The monoisotopic (exact) mass is 919 g/mol. The highest BCUT2D eigenvalue weighted by molar-refractivity contribution is 7.86. The van der Waals surface area contributed by atoms with E-state index in [0.29, 0.717) is 22.4 Å². The topological polar surface area (TPSA) is 296 Å². The number of nitrogens with one attached hydrogen (secondary N) is 3. The van der Waals surface area contributed by atoms with Gasteiger partial charge in [-0.25, -0.2) is 4.98 Å². The number of benzene rings is 5. The third-order valence-electron chi connectivity index (χ3n) is 9.32. The fourth-order valence-electron chi connectivity index (χ4n) is 6.11. The molecule has 0 bridgehead atoms. The molecule has 21 heteroatoms. The summed E-state index contributed by atoms with van der Waals surface area (Å²) in [6.45, 7) is 1.56. The Morgan fingerprint density at radius 1 is 0.615 bits per heavy atom. The number of pyridine rings is 1. The van der Waals surface area contributed by atoms with E-state index in [-0.39, 0.29) is 82.3 Å². The molecule has 7 rings (SSSR count). The van der Waals surface area contributed by atoms with Crippen molar-refractivity contribution >= 4 is 87.6 Å². The van der Waals surface area contributed by atoms with Crippen LogP contribution in [-0.2, 0) is 20.2 Å². The minimum Gasteiger partial charge on any atom is -0.339 e. The summed E-state index contributed by atoms with van der Waals surface area (Å²) in [6.07, 6.45) is 0. The van der Waals surface area contributed by atoms with Gasteiger partial charge in [0.25, 0.3) is 26.1 Å². The number of amides is 1. The van der Waals surface area contributed by atoms with Crippen LogP contribution in [0.5, 0.6) is 0 Å². The Balaban J connectivity index is 1.33. The molecule has 18 nitrogen and oxygen atoms in total. The lowest BCUT2D eigenvalue weighted by Gasteiger charge is -2.16. The summed E-state index contributed by atoms with van der Waals surface area (Å²) in [4.78, 5) is 16.7. The molecule has 2 aromatic heterocycles. The van der Waals surface area contributed by atoms with Gasteiger partial charge in [-0.2, -0.15) is 32.6 Å². The molecule has 320 valence electrons. The Kier molecular flexibility index (Phi) is 12.9. The van der Waals surface area contributed by atoms with E-state index in [1.54, 1.807) is 85.8 Å². The van der Waals surface area contributed by atoms with Crippen molar-refractivity contribution in [1.29, 1.82) is 15.8 Å². The molecule has 65 heavy (non-hydrogen) atoms. The van der Waals surface area contributed by atoms with E-state index in [0.717, 1.165) is 35.6 Å². The quantitative estimate of drug-likeness (QED) is 0.0531. The molecule has 0 unspecified atom stereocenters. The first-order valence-electron chi connectivity index (χ1n) is 18.7. The average Bonchev–Trinajstić information content (AvgIpc) is 3.65. The molecule has 0 aliphatic rings. The highest BCUT2D eigenvalue weighted by Crippen LogP contribution is 2.49. The van der Waals surface area contributed by atoms with E-state index in [2.05, 4.69) is 59.6 Å². The number of carbonyl (C=O) groups excluding carboxylic acids is 1. The molecule has 5 aromatic carbocycles. The summed E-state index contributed by atoms with van der Waals surface area (Å²) in [5, 5.41) is 57.5. The zero-order valence-electron chi connectivity index (χ0n) is 33.4. The molecule has 0 fully saturated rings. The molecule has 1 amide bonds. The Morgan fingerprint density at radius 2 is 1.15 bits per heavy atom. The van der Waals surface area contributed by atoms with Crippen LogP contribution in [0.2, 0.25) is 0 Å². The first kappa shape index (κ1) is 44.6. The maximum Gasteiger partial charge on any atom is 0.294 e. The second-order valence-corrected chi connectivity index (χ2v) is 17.3. The van der Waals surface area contributed by atoms with Crippen LogP contribution in [-0.4, -0.2) is 36.8 Å². The van der Waals surface area contributed by atoms with Gasteiger partial charge < -0.3 is 16.0 Å². The molecule has 0 radical (unpaired) electrons. The van der Waals surface area contributed by atoms with E-state index >= 15 is 0 Å². The van der Waals surface area contributed by atoms with Gasteiger partial charge in [-0.05, 0) is 97.4 Å². The number of hydrogen-bond acceptors (Lipinski definition) is 16. The Labute approximate surface area is 375 Å². The van der Waals surface area contributed by atoms with Gasteiger partial charge in [-0.1, -0.05) is 53.8 Å². The maximum absolute atomic E-state index is 12.9. The van der Waals surface area contributed by atoms with Crippen molar-refractivity contribution in [3.05, 3.63) is 155 Å². The van der Waals surface area contributed by atoms with Crippen molar-refractivity contribution in [1.82, 2.24) is 4.98 Å². The van der Waals surface area contributed by atoms with Crippen LogP contribution in [0.3, 0.4) is 0 Å². The second kappa shape index (κ2) is 18.9. The molecule has 0 atom stereocenters. The number of thiophene rings is 1. The summed E-state index contributed by atoms with van der Waals surface area (Å²) < 4.78 is 65.7. The van der Waals surface area contributed by atoms with Gasteiger partial charge in [0.2, 0.25) is 0 Å². The summed E-state index contributed by atoms with van der Waals surface area (Å²) in [6, 6.07) is 38.1. The standard InChI is InChI=1S/C44H29N11O7S3/c1-26-35(24-46)40(48-30-15-19-33(20-16-30)64(57,58)59)51-41(49-31-17-21-34(22-18-31)65(60,61)62)39(26)53-54-43-36(25-47)38(44(63-43)55-52-37-10-6-5-9-29(37)23-45)27-11-13-32(14-12-27)50-42(56)28-7-3-2-4-8-28/h2-22H,1H3,(H,50,56)(H2,48,49,51)(H,57,58,59)(H,60,61,62). The molecule has 2 heterocycles. The highest BCUT2D eigenvalue weighted by atomic mass is 32.2. The van der Waals surface area contributed by atoms with Crippen LogP contribution in [0.1, 0.15) is 32.6 Å². The van der Waals surface area contributed by atoms with Gasteiger partial charge in [-0.3, -0.25) is 13.9 Å². The number of aromatic nitrogens is 1. The summed E-state index contributed by atoms with van der Waals surface area (Å²) in [7, 11) is -9.02. The van der Waals surface area contributed by atoms with Crippen LogP contribution in [0.25, 0.3) is 11.1 Å². The summed E-state index contributed by atoms with van der Waals surface area (Å²) >= 11 is 0.952. The molecule has 0 aliphatic carbocycles. The molecule has 0 saturated carbocycles. The Bertz CT molecular complexity index is 3400. The van der Waals surface area contributed by atoms with Gasteiger partial charge in [0.05, 0.1) is 20.9 Å². The fraction of sp³-hybridized carbons (Fsp3) is 0.0227. The number of hydrogen-bond donors (Lipinski definition) is 5. The summed E-state index contributed by atoms with van der Waals surface area (Å²) in [5.74, 6) is -0.356. The summed E-state index contributed by atoms with van der Waals surface area (Å²) in [5.41, 5.74) is 3.09. The number of nitrogens with zero attached hydrogens (tertiary/aromatic N) is 8. The van der Waals surface area contributed by atoms with Gasteiger partial charge >= 0.3 is 0 Å². The molecule has 0 aliphatic heterocycles. The third-order valence-corrected chi connectivity index (χ3v) is 12.0. The number of azo groups is 2. The predicted molar refractivity (Wildman–Crippen MR) is 241 cm³/mol. The zero-order valence-corrected chi connectivity index (χ0v) is 35.8. The fourth-order valence-corrected chi connectivity index (χ4v) is 7.99. The maximum atomic E-state index is 12.9. The van der Waals surface area contributed by atoms with Gasteiger partial charge in [0, 0.05) is 33.8 Å². The van der Waals surface area contributed by atoms with Crippen molar-refractivity contribution in [3.8, 4) is 29.3 Å². The van der Waals surface area contributed by atoms with Crippen LogP contribution >= 0.6 is 11.3 Å². The number of carbonyl (C=O) groups is 1. The number of anilines is 5. The lowest BCUT2D eigenvalue weighted by molar-refractivity contribution is 0.102. The molecule has 0 spiro atoms. The van der Waals surface area contributed by atoms with Crippen molar-refractivity contribution < 1.29 is 30.7 Å². The Morgan fingerprint density at radius 3 is 1.72 bits per heavy atom. The second-order valence-electron chi connectivity index (χ2n) is 13.5. The van der Waals surface area contributed by atoms with E-state index in [9.17, 15) is 46.5 Å². The molecular weight excluding hydrogens is 891 g/mol. The van der Waals surface area contributed by atoms with Crippen LogP contribution in [0.4, 0.5) is 50.1 Å². The van der Waals surface area contributed by atoms with Gasteiger partial charge in [0.15, 0.2) is 16.6 Å². The van der Waals surface area contributed by atoms with Gasteiger partial charge in [-0.15, -0.1) is 20.5 Å². The van der Waals surface area contributed by atoms with Crippen molar-refractivity contribution in [2.45, 2.75) is 16.7 Å². The lowest BCUT2D eigenvalue weighted by Crippen LogP contribution is -2.11. The van der Waals surface area contributed by atoms with Crippen LogP contribution < -0.4 is 16.0 Å². The minimum absolute atomic E-state index is 0.0103. The predicted octanol–water partition coefficient (Wildman–Crippen LogP) is 10.8.